The molecule has 0 heterocycles. The van der Waals surface area contributed by atoms with Crippen molar-refractivity contribution in [3.05, 3.63) is 29.8 Å². The smallest absolute Gasteiger partial charge is 0.207 e. The molecular formula is C13H17NO2S. The van der Waals surface area contributed by atoms with E-state index in [1.54, 1.807) is 31.2 Å². The molecule has 1 aromatic rings. The first-order valence-corrected chi connectivity index (χ1v) is 6.80. The van der Waals surface area contributed by atoms with Crippen LogP contribution in [0.15, 0.2) is 29.2 Å². The van der Waals surface area contributed by atoms with Gasteiger partial charge in [0.05, 0.1) is 4.90 Å². The third-order valence-corrected chi connectivity index (χ3v) is 3.65. The highest BCUT2D eigenvalue weighted by Crippen LogP contribution is 2.13. The molecule has 0 aromatic heterocycles. The van der Waals surface area contributed by atoms with Crippen molar-refractivity contribution in [2.24, 2.45) is 0 Å². The van der Waals surface area contributed by atoms with Gasteiger partial charge in [0.2, 0.25) is 10.0 Å². The highest BCUT2D eigenvalue weighted by Gasteiger charge is 2.21. The van der Waals surface area contributed by atoms with Crippen LogP contribution in [-0.2, 0) is 10.0 Å². The van der Waals surface area contributed by atoms with E-state index in [2.05, 4.69) is 16.6 Å². The Morgan fingerprint density at radius 2 is 1.65 bits per heavy atom. The maximum absolute atomic E-state index is 12.0. The Kier molecular flexibility index (Phi) is 3.97. The molecule has 0 saturated heterocycles. The molecule has 3 nitrogen and oxygen atoms in total. The fourth-order valence-corrected chi connectivity index (χ4v) is 2.74. The Labute approximate surface area is 103 Å². The Bertz CT molecular complexity index is 540. The molecule has 0 aliphatic carbocycles. The van der Waals surface area contributed by atoms with E-state index in [9.17, 15) is 8.42 Å². The van der Waals surface area contributed by atoms with Crippen LogP contribution >= 0.6 is 0 Å². The van der Waals surface area contributed by atoms with Crippen molar-refractivity contribution in [1.82, 2.24) is 4.72 Å². The van der Waals surface area contributed by atoms with Gasteiger partial charge in [0.1, 0.15) is 0 Å². The SMILES string of the molecule is CC#Cc1ccc(S(=O)(=O)NC(C)(C)C)cc1. The van der Waals surface area contributed by atoms with Gasteiger partial charge in [0.25, 0.3) is 0 Å². The molecule has 0 fully saturated rings. The average molecular weight is 251 g/mol. The van der Waals surface area contributed by atoms with E-state index < -0.39 is 15.6 Å². The summed E-state index contributed by atoms with van der Waals surface area (Å²) >= 11 is 0. The van der Waals surface area contributed by atoms with Crippen LogP contribution in [0.25, 0.3) is 0 Å². The molecular weight excluding hydrogens is 234 g/mol. The van der Waals surface area contributed by atoms with E-state index >= 15 is 0 Å². The van der Waals surface area contributed by atoms with Gasteiger partial charge in [-0.1, -0.05) is 5.92 Å². The topological polar surface area (TPSA) is 46.2 Å². The van der Waals surface area contributed by atoms with E-state index in [1.165, 1.54) is 0 Å². The molecule has 0 saturated carbocycles. The number of rotatable bonds is 2. The van der Waals surface area contributed by atoms with Crippen LogP contribution in [0.2, 0.25) is 0 Å². The molecule has 1 aromatic carbocycles. The molecule has 4 heteroatoms. The third-order valence-electron chi connectivity index (χ3n) is 1.87. The van der Waals surface area contributed by atoms with Gasteiger partial charge >= 0.3 is 0 Å². The molecule has 0 amide bonds. The van der Waals surface area contributed by atoms with Crippen LogP contribution in [0.4, 0.5) is 0 Å². The second-order valence-corrected chi connectivity index (χ2v) is 6.44. The maximum atomic E-state index is 12.0. The monoisotopic (exact) mass is 251 g/mol. The van der Waals surface area contributed by atoms with Gasteiger partial charge in [-0.2, -0.15) is 0 Å². The van der Waals surface area contributed by atoms with Gasteiger partial charge in [-0.3, -0.25) is 0 Å². The van der Waals surface area contributed by atoms with Crippen molar-refractivity contribution < 1.29 is 8.42 Å². The van der Waals surface area contributed by atoms with E-state index in [0.717, 1.165) is 5.56 Å². The van der Waals surface area contributed by atoms with E-state index in [-0.39, 0.29) is 4.90 Å². The minimum atomic E-state index is -3.45. The molecule has 1 rings (SSSR count). The van der Waals surface area contributed by atoms with E-state index in [4.69, 9.17) is 0 Å². The standard InChI is InChI=1S/C13H17NO2S/c1-5-6-11-7-9-12(10-8-11)17(15,16)14-13(2,3)4/h7-10,14H,1-4H3. The maximum Gasteiger partial charge on any atom is 0.241 e. The number of hydrogen-bond donors (Lipinski definition) is 1. The Balaban J connectivity index is 3.03. The minimum absolute atomic E-state index is 0.258. The molecule has 0 radical (unpaired) electrons. The molecule has 0 spiro atoms. The molecule has 92 valence electrons. The Morgan fingerprint density at radius 1 is 1.12 bits per heavy atom. The summed E-state index contributed by atoms with van der Waals surface area (Å²) in [5.41, 5.74) is 0.322. The molecule has 0 bridgehead atoms. The summed E-state index contributed by atoms with van der Waals surface area (Å²) < 4.78 is 26.5. The van der Waals surface area contributed by atoms with Gasteiger partial charge in [-0.25, -0.2) is 13.1 Å². The highest BCUT2D eigenvalue weighted by atomic mass is 32.2. The lowest BCUT2D eigenvalue weighted by molar-refractivity contribution is 0.491. The van der Waals surface area contributed by atoms with Gasteiger partial charge < -0.3 is 0 Å². The third kappa shape index (κ3) is 4.22. The van der Waals surface area contributed by atoms with Crippen LogP contribution in [0.3, 0.4) is 0 Å². The van der Waals surface area contributed by atoms with E-state index in [0.29, 0.717) is 0 Å². The molecule has 0 unspecified atom stereocenters. The summed E-state index contributed by atoms with van der Waals surface area (Å²) in [5, 5.41) is 0. The number of sulfonamides is 1. The summed E-state index contributed by atoms with van der Waals surface area (Å²) in [6.07, 6.45) is 0. The van der Waals surface area contributed by atoms with Gasteiger partial charge in [0, 0.05) is 11.1 Å². The van der Waals surface area contributed by atoms with Crippen molar-refractivity contribution in [1.29, 1.82) is 0 Å². The first kappa shape index (κ1) is 13.8. The summed E-state index contributed by atoms with van der Waals surface area (Å²) in [5.74, 6) is 5.63. The van der Waals surface area contributed by atoms with Crippen LogP contribution in [0, 0.1) is 11.8 Å². The number of nitrogens with one attached hydrogen (secondary N) is 1. The van der Waals surface area contributed by atoms with Crippen molar-refractivity contribution in [2.45, 2.75) is 38.1 Å². The first-order valence-electron chi connectivity index (χ1n) is 5.31. The lowest BCUT2D eigenvalue weighted by Gasteiger charge is -2.20. The fourth-order valence-electron chi connectivity index (χ4n) is 1.32. The van der Waals surface area contributed by atoms with Gasteiger partial charge in [-0.05, 0) is 52.0 Å². The predicted molar refractivity (Wildman–Crippen MR) is 69.1 cm³/mol. The van der Waals surface area contributed by atoms with Gasteiger partial charge in [-0.15, -0.1) is 5.92 Å². The minimum Gasteiger partial charge on any atom is -0.207 e. The zero-order valence-electron chi connectivity index (χ0n) is 10.5. The first-order chi connectivity index (χ1) is 7.74. The van der Waals surface area contributed by atoms with Crippen LogP contribution in [-0.4, -0.2) is 14.0 Å². The van der Waals surface area contributed by atoms with E-state index in [1.807, 2.05) is 20.8 Å². The summed E-state index contributed by atoms with van der Waals surface area (Å²) in [6, 6.07) is 6.53. The van der Waals surface area contributed by atoms with Crippen LogP contribution in [0.1, 0.15) is 33.3 Å². The lowest BCUT2D eigenvalue weighted by atomic mass is 10.1. The number of benzene rings is 1. The average Bonchev–Trinajstić information content (AvgIpc) is 2.15. The van der Waals surface area contributed by atoms with Crippen molar-refractivity contribution in [3.63, 3.8) is 0 Å². The highest BCUT2D eigenvalue weighted by molar-refractivity contribution is 7.89. The summed E-state index contributed by atoms with van der Waals surface area (Å²) in [4.78, 5) is 0.258. The lowest BCUT2D eigenvalue weighted by Crippen LogP contribution is -2.40. The summed E-state index contributed by atoms with van der Waals surface area (Å²) in [7, 11) is -3.45. The van der Waals surface area contributed by atoms with Gasteiger partial charge in [0.15, 0.2) is 0 Å². The fraction of sp³-hybridized carbons (Fsp3) is 0.385. The Hall–Kier alpha value is -1.31. The van der Waals surface area contributed by atoms with Crippen LogP contribution < -0.4 is 4.72 Å². The second-order valence-electron chi connectivity index (χ2n) is 4.75. The van der Waals surface area contributed by atoms with Crippen molar-refractivity contribution in [2.75, 3.05) is 0 Å². The van der Waals surface area contributed by atoms with Crippen LogP contribution in [0.5, 0.6) is 0 Å². The van der Waals surface area contributed by atoms with Crippen molar-refractivity contribution in [3.8, 4) is 11.8 Å². The molecule has 1 N–H and O–H groups in total. The molecule has 0 atom stereocenters. The zero-order valence-corrected chi connectivity index (χ0v) is 11.4. The predicted octanol–water partition coefficient (Wildman–Crippen LogP) is 2.13. The second kappa shape index (κ2) is 4.91. The molecule has 0 aliphatic heterocycles. The molecule has 17 heavy (non-hydrogen) atoms. The molecule has 0 aliphatic rings. The largest absolute Gasteiger partial charge is 0.241 e. The normalized spacial score (nSPS) is 11.8. The summed E-state index contributed by atoms with van der Waals surface area (Å²) in [6.45, 7) is 7.16. The number of hydrogen-bond acceptors (Lipinski definition) is 2. The quantitative estimate of drug-likeness (QED) is 0.818. The zero-order chi connectivity index (χ0) is 13.1. The Morgan fingerprint density at radius 3 is 2.06 bits per heavy atom. The van der Waals surface area contributed by atoms with Crippen molar-refractivity contribution >= 4 is 10.0 Å².